The largest absolute Gasteiger partial charge is 0.350 e. The van der Waals surface area contributed by atoms with E-state index in [-0.39, 0.29) is 11.8 Å². The molecule has 0 amide bonds. The molecular weight excluding hydrogens is 466 g/mol. The van der Waals surface area contributed by atoms with Gasteiger partial charge in [0, 0.05) is 55.8 Å². The van der Waals surface area contributed by atoms with Gasteiger partial charge in [-0.15, -0.1) is 0 Å². The first-order chi connectivity index (χ1) is 18.0. The van der Waals surface area contributed by atoms with Crippen LogP contribution in [0.5, 0.6) is 0 Å². The zero-order valence-electron chi connectivity index (χ0n) is 21.4. The van der Waals surface area contributed by atoms with E-state index in [1.807, 2.05) is 29.2 Å². The molecule has 0 unspecified atom stereocenters. The number of piperidine rings is 1. The van der Waals surface area contributed by atoms with Crippen LogP contribution >= 0.6 is 0 Å². The molecule has 1 aliphatic heterocycles. The van der Waals surface area contributed by atoms with Crippen molar-refractivity contribution in [3.63, 3.8) is 0 Å². The third-order valence-corrected chi connectivity index (χ3v) is 7.41. The van der Waals surface area contributed by atoms with E-state index in [2.05, 4.69) is 41.3 Å². The van der Waals surface area contributed by atoms with Crippen molar-refractivity contribution in [2.24, 2.45) is 5.73 Å². The van der Waals surface area contributed by atoms with Gasteiger partial charge in [-0.3, -0.25) is 4.79 Å². The van der Waals surface area contributed by atoms with E-state index < -0.39 is 0 Å². The van der Waals surface area contributed by atoms with Crippen molar-refractivity contribution in [2.75, 3.05) is 23.3 Å². The summed E-state index contributed by atoms with van der Waals surface area (Å²) in [7, 11) is 0. The SMILES string of the molecule is CC(C)c1cnn2c(NCc3ccccc3-n3cc4c(n3)CCC(=O)C4)nc(N3CCC(N)CC3)nc12. The number of rotatable bonds is 6. The average Bonchev–Trinajstić information content (AvgIpc) is 3.52. The van der Waals surface area contributed by atoms with Crippen molar-refractivity contribution in [3.8, 4) is 5.69 Å². The van der Waals surface area contributed by atoms with Crippen LogP contribution in [0.3, 0.4) is 0 Å². The second-order valence-corrected chi connectivity index (χ2v) is 10.4. The van der Waals surface area contributed by atoms with Crippen molar-refractivity contribution in [1.29, 1.82) is 0 Å². The van der Waals surface area contributed by atoms with Crippen LogP contribution in [0.1, 0.15) is 61.4 Å². The maximum atomic E-state index is 11.9. The third kappa shape index (κ3) is 4.57. The van der Waals surface area contributed by atoms with Gasteiger partial charge in [0.15, 0.2) is 5.65 Å². The molecule has 192 valence electrons. The quantitative estimate of drug-likeness (QED) is 0.416. The number of fused-ring (bicyclic) bond motifs is 2. The maximum Gasteiger partial charge on any atom is 0.230 e. The van der Waals surface area contributed by atoms with Crippen molar-refractivity contribution in [3.05, 3.63) is 59.0 Å². The number of nitrogens with one attached hydrogen (secondary N) is 1. The maximum absolute atomic E-state index is 11.9. The highest BCUT2D eigenvalue weighted by Crippen LogP contribution is 2.26. The normalized spacial score (nSPS) is 16.5. The van der Waals surface area contributed by atoms with Crippen LogP contribution in [-0.4, -0.2) is 54.3 Å². The van der Waals surface area contributed by atoms with Crippen LogP contribution in [-0.2, 0) is 24.2 Å². The van der Waals surface area contributed by atoms with Crippen LogP contribution < -0.4 is 16.0 Å². The second-order valence-electron chi connectivity index (χ2n) is 10.4. The van der Waals surface area contributed by atoms with E-state index in [1.165, 1.54) is 0 Å². The molecule has 1 saturated heterocycles. The predicted octanol–water partition coefficient (Wildman–Crippen LogP) is 3.03. The molecule has 0 atom stereocenters. The van der Waals surface area contributed by atoms with E-state index >= 15 is 0 Å². The molecule has 10 nitrogen and oxygen atoms in total. The zero-order chi connectivity index (χ0) is 25.5. The third-order valence-electron chi connectivity index (χ3n) is 7.41. The van der Waals surface area contributed by atoms with Gasteiger partial charge in [0.05, 0.1) is 17.6 Å². The Morgan fingerprint density at radius 2 is 1.95 bits per heavy atom. The Morgan fingerprint density at radius 1 is 1.14 bits per heavy atom. The number of benzene rings is 1. The van der Waals surface area contributed by atoms with Gasteiger partial charge in [0.2, 0.25) is 11.9 Å². The van der Waals surface area contributed by atoms with E-state index in [9.17, 15) is 4.79 Å². The lowest BCUT2D eigenvalue weighted by atomic mass is 9.97. The van der Waals surface area contributed by atoms with Crippen LogP contribution in [0.15, 0.2) is 36.7 Å². The van der Waals surface area contributed by atoms with Crippen molar-refractivity contribution in [2.45, 2.75) is 64.5 Å². The van der Waals surface area contributed by atoms with Gasteiger partial charge < -0.3 is 16.0 Å². The lowest BCUT2D eigenvalue weighted by Crippen LogP contribution is -2.40. The number of carbonyl (C=O) groups is 1. The molecule has 1 aromatic carbocycles. The molecule has 0 bridgehead atoms. The number of nitrogens with zero attached hydrogens (tertiary/aromatic N) is 7. The fourth-order valence-corrected chi connectivity index (χ4v) is 5.19. The Bertz CT molecular complexity index is 1450. The fourth-order valence-electron chi connectivity index (χ4n) is 5.19. The summed E-state index contributed by atoms with van der Waals surface area (Å²) < 4.78 is 3.71. The van der Waals surface area contributed by atoms with E-state index in [0.717, 1.165) is 59.7 Å². The summed E-state index contributed by atoms with van der Waals surface area (Å²) in [5, 5.41) is 13.0. The number of para-hydroxylation sites is 1. The van der Waals surface area contributed by atoms with E-state index in [4.69, 9.17) is 20.8 Å². The number of anilines is 2. The first-order valence-corrected chi connectivity index (χ1v) is 13.1. The first kappa shape index (κ1) is 23.6. The van der Waals surface area contributed by atoms with Crippen LogP contribution in [0, 0.1) is 0 Å². The summed E-state index contributed by atoms with van der Waals surface area (Å²) in [4.78, 5) is 24.0. The Balaban J connectivity index is 1.32. The molecule has 2 aliphatic rings. The van der Waals surface area contributed by atoms with Gasteiger partial charge in [-0.1, -0.05) is 32.0 Å². The lowest BCUT2D eigenvalue weighted by Gasteiger charge is -2.30. The van der Waals surface area contributed by atoms with Gasteiger partial charge in [-0.25, -0.2) is 4.68 Å². The fraction of sp³-hybridized carbons (Fsp3) is 0.444. The number of carbonyl (C=O) groups excluding carboxylic acids is 1. The van der Waals surface area contributed by atoms with E-state index in [1.54, 1.807) is 4.52 Å². The summed E-state index contributed by atoms with van der Waals surface area (Å²) in [6.07, 6.45) is 7.50. The molecule has 1 aliphatic carbocycles. The number of hydrogen-bond donors (Lipinski definition) is 2. The number of ketones is 1. The van der Waals surface area contributed by atoms with Gasteiger partial charge in [-0.2, -0.15) is 24.7 Å². The number of hydrogen-bond acceptors (Lipinski definition) is 8. The minimum Gasteiger partial charge on any atom is -0.350 e. The lowest BCUT2D eigenvalue weighted by molar-refractivity contribution is -0.118. The topological polar surface area (TPSA) is 119 Å². The highest BCUT2D eigenvalue weighted by atomic mass is 16.1. The Kier molecular flexibility index (Phi) is 6.11. The molecule has 0 spiro atoms. The van der Waals surface area contributed by atoms with Crippen molar-refractivity contribution < 1.29 is 4.79 Å². The first-order valence-electron chi connectivity index (χ1n) is 13.1. The molecule has 3 aromatic heterocycles. The van der Waals surface area contributed by atoms with Crippen LogP contribution in [0.4, 0.5) is 11.9 Å². The molecular formula is C27H33N9O. The van der Waals surface area contributed by atoms with Gasteiger partial charge in [-0.05, 0) is 36.8 Å². The second kappa shape index (κ2) is 9.59. The Labute approximate surface area is 215 Å². The van der Waals surface area contributed by atoms with Gasteiger partial charge >= 0.3 is 0 Å². The number of aryl methyl sites for hydroxylation is 1. The number of aromatic nitrogens is 6. The molecule has 4 aromatic rings. The summed E-state index contributed by atoms with van der Waals surface area (Å²) in [5.74, 6) is 1.94. The summed E-state index contributed by atoms with van der Waals surface area (Å²) >= 11 is 0. The standard InChI is InChI=1S/C27H33N9O/c1-17(2)22-15-30-36-25(22)31-27(34-11-9-20(28)10-12-34)32-26(36)29-14-18-5-3-4-6-24(18)35-16-19-13-21(37)7-8-23(19)33-35/h3-6,15-17,20H,7-14,28H2,1-2H3,(H,29,31,32). The summed E-state index contributed by atoms with van der Waals surface area (Å²) in [6.45, 7) is 6.53. The highest BCUT2D eigenvalue weighted by Gasteiger charge is 2.23. The number of Topliss-reactive ketones (excluding diaryl/α,β-unsaturated/α-hetero) is 1. The monoisotopic (exact) mass is 499 g/mol. The Morgan fingerprint density at radius 3 is 2.76 bits per heavy atom. The average molecular weight is 500 g/mol. The zero-order valence-corrected chi connectivity index (χ0v) is 21.4. The highest BCUT2D eigenvalue weighted by molar-refractivity contribution is 5.82. The molecule has 6 rings (SSSR count). The molecule has 0 saturated carbocycles. The molecule has 3 N–H and O–H groups in total. The van der Waals surface area contributed by atoms with Gasteiger partial charge in [0.1, 0.15) is 5.78 Å². The predicted molar refractivity (Wildman–Crippen MR) is 142 cm³/mol. The molecule has 37 heavy (non-hydrogen) atoms. The van der Waals surface area contributed by atoms with Crippen LogP contribution in [0.25, 0.3) is 11.3 Å². The number of nitrogens with two attached hydrogens (primary N) is 1. The Hall–Kier alpha value is -3.79. The van der Waals surface area contributed by atoms with E-state index in [0.29, 0.717) is 43.6 Å². The smallest absolute Gasteiger partial charge is 0.230 e. The minimum atomic E-state index is 0.237. The van der Waals surface area contributed by atoms with Gasteiger partial charge in [0.25, 0.3) is 0 Å². The minimum absolute atomic E-state index is 0.237. The molecule has 0 radical (unpaired) electrons. The molecule has 4 heterocycles. The summed E-state index contributed by atoms with van der Waals surface area (Å²) in [5.41, 5.74) is 12.2. The van der Waals surface area contributed by atoms with Crippen LogP contribution in [0.2, 0.25) is 0 Å². The summed E-state index contributed by atoms with van der Waals surface area (Å²) in [6, 6.07) is 8.41. The van der Waals surface area contributed by atoms with Crippen molar-refractivity contribution >= 4 is 23.3 Å². The molecule has 10 heteroatoms. The van der Waals surface area contributed by atoms with Crippen molar-refractivity contribution in [1.82, 2.24) is 29.4 Å². The molecule has 1 fully saturated rings.